The van der Waals surface area contributed by atoms with Gasteiger partial charge in [0, 0.05) is 19.6 Å². The molecule has 0 unspecified atom stereocenters. The average molecular weight is 196 g/mol. The molecule has 2 aliphatic rings. The number of nitrogens with zero attached hydrogens (tertiary/aromatic N) is 1. The van der Waals surface area contributed by atoms with Crippen LogP contribution in [0.15, 0.2) is 0 Å². The number of carbonyl (C=O) groups excluding carboxylic acids is 1. The van der Waals surface area contributed by atoms with Crippen molar-refractivity contribution in [1.82, 2.24) is 10.2 Å². The second kappa shape index (κ2) is 3.89. The van der Waals surface area contributed by atoms with Crippen molar-refractivity contribution >= 4 is 5.91 Å². The molecule has 3 heteroatoms. The maximum Gasteiger partial charge on any atom is 0.236 e. The predicted octanol–water partition coefficient (Wildman–Crippen LogP) is 0.998. The van der Waals surface area contributed by atoms with Crippen molar-refractivity contribution < 1.29 is 4.79 Å². The first kappa shape index (κ1) is 9.97. The van der Waals surface area contributed by atoms with Crippen molar-refractivity contribution in [3.8, 4) is 0 Å². The van der Waals surface area contributed by atoms with Crippen LogP contribution in [0.5, 0.6) is 0 Å². The highest BCUT2D eigenvalue weighted by molar-refractivity contribution is 5.79. The SMILES string of the molecule is CCC1(CN2CCNCC2=O)CCC1. The van der Waals surface area contributed by atoms with Crippen LogP contribution >= 0.6 is 0 Å². The maximum atomic E-state index is 11.6. The molecule has 1 aliphatic heterocycles. The predicted molar refractivity (Wildman–Crippen MR) is 56.0 cm³/mol. The zero-order valence-corrected chi connectivity index (χ0v) is 9.01. The largest absolute Gasteiger partial charge is 0.340 e. The van der Waals surface area contributed by atoms with E-state index in [2.05, 4.69) is 17.1 Å². The minimum absolute atomic E-state index is 0.288. The number of hydrogen-bond acceptors (Lipinski definition) is 2. The van der Waals surface area contributed by atoms with Gasteiger partial charge in [-0.15, -0.1) is 0 Å². The van der Waals surface area contributed by atoms with Gasteiger partial charge in [-0.3, -0.25) is 4.79 Å². The van der Waals surface area contributed by atoms with Crippen LogP contribution in [0.25, 0.3) is 0 Å². The van der Waals surface area contributed by atoms with Gasteiger partial charge in [0.2, 0.25) is 5.91 Å². The molecule has 2 rings (SSSR count). The molecule has 0 aromatic carbocycles. The summed E-state index contributed by atoms with van der Waals surface area (Å²) in [5.41, 5.74) is 0.479. The molecule has 0 radical (unpaired) electrons. The Kier molecular flexibility index (Phi) is 2.77. The number of piperazine rings is 1. The Bertz CT molecular complexity index is 218. The molecule has 0 aromatic heterocycles. The van der Waals surface area contributed by atoms with E-state index in [1.165, 1.54) is 25.7 Å². The zero-order valence-electron chi connectivity index (χ0n) is 9.01. The van der Waals surface area contributed by atoms with E-state index >= 15 is 0 Å². The van der Waals surface area contributed by atoms with Crippen molar-refractivity contribution in [3.05, 3.63) is 0 Å². The van der Waals surface area contributed by atoms with Crippen molar-refractivity contribution in [2.24, 2.45) is 5.41 Å². The van der Waals surface area contributed by atoms with Crippen LogP contribution in [-0.4, -0.2) is 37.0 Å². The summed E-state index contributed by atoms with van der Waals surface area (Å²) < 4.78 is 0. The standard InChI is InChI=1S/C11H20N2O/c1-2-11(4-3-5-11)9-13-7-6-12-8-10(13)14/h12H,2-9H2,1H3. The number of carbonyl (C=O) groups is 1. The molecule has 14 heavy (non-hydrogen) atoms. The Morgan fingerprint density at radius 1 is 1.50 bits per heavy atom. The summed E-state index contributed by atoms with van der Waals surface area (Å²) in [6.07, 6.45) is 5.22. The smallest absolute Gasteiger partial charge is 0.236 e. The highest BCUT2D eigenvalue weighted by atomic mass is 16.2. The minimum Gasteiger partial charge on any atom is -0.340 e. The van der Waals surface area contributed by atoms with Crippen molar-refractivity contribution in [1.29, 1.82) is 0 Å². The number of nitrogens with one attached hydrogen (secondary N) is 1. The van der Waals surface area contributed by atoms with Crippen LogP contribution in [0.1, 0.15) is 32.6 Å². The monoisotopic (exact) mass is 196 g/mol. The summed E-state index contributed by atoms with van der Waals surface area (Å²) in [7, 11) is 0. The van der Waals surface area contributed by atoms with Crippen LogP contribution in [0.4, 0.5) is 0 Å². The quantitative estimate of drug-likeness (QED) is 0.730. The molecule has 1 N–H and O–H groups in total. The lowest BCUT2D eigenvalue weighted by Gasteiger charge is -2.45. The molecule has 1 saturated heterocycles. The molecular weight excluding hydrogens is 176 g/mol. The van der Waals surface area contributed by atoms with Crippen LogP contribution in [-0.2, 0) is 4.79 Å². The highest BCUT2D eigenvalue weighted by Gasteiger charge is 2.38. The third kappa shape index (κ3) is 1.78. The van der Waals surface area contributed by atoms with Crippen molar-refractivity contribution in [3.63, 3.8) is 0 Å². The first-order chi connectivity index (χ1) is 6.76. The fourth-order valence-corrected chi connectivity index (χ4v) is 2.52. The summed E-state index contributed by atoms with van der Waals surface area (Å²) >= 11 is 0. The topological polar surface area (TPSA) is 32.3 Å². The fraction of sp³-hybridized carbons (Fsp3) is 0.909. The molecule has 0 spiro atoms. The van der Waals surface area contributed by atoms with Crippen LogP contribution in [0.2, 0.25) is 0 Å². The van der Waals surface area contributed by atoms with E-state index in [4.69, 9.17) is 0 Å². The molecule has 1 saturated carbocycles. The van der Waals surface area contributed by atoms with Gasteiger partial charge in [-0.25, -0.2) is 0 Å². The molecule has 1 amide bonds. The second-order valence-corrected chi connectivity index (χ2v) is 4.70. The summed E-state index contributed by atoms with van der Waals surface area (Å²) in [6, 6.07) is 0. The van der Waals surface area contributed by atoms with Gasteiger partial charge in [0.15, 0.2) is 0 Å². The van der Waals surface area contributed by atoms with Crippen molar-refractivity contribution in [2.45, 2.75) is 32.6 Å². The van der Waals surface area contributed by atoms with Gasteiger partial charge < -0.3 is 10.2 Å². The Hall–Kier alpha value is -0.570. The van der Waals surface area contributed by atoms with Crippen LogP contribution in [0.3, 0.4) is 0 Å². The first-order valence-corrected chi connectivity index (χ1v) is 5.74. The molecule has 80 valence electrons. The average Bonchev–Trinajstić information content (AvgIpc) is 2.14. The number of hydrogen-bond donors (Lipinski definition) is 1. The Morgan fingerprint density at radius 2 is 2.29 bits per heavy atom. The lowest BCUT2D eigenvalue weighted by Crippen LogP contribution is -2.53. The van der Waals surface area contributed by atoms with E-state index in [0.717, 1.165) is 19.6 Å². The third-order valence-electron chi connectivity index (χ3n) is 3.88. The van der Waals surface area contributed by atoms with Gasteiger partial charge in [-0.1, -0.05) is 13.3 Å². The van der Waals surface area contributed by atoms with Gasteiger partial charge >= 0.3 is 0 Å². The van der Waals surface area contributed by atoms with Gasteiger partial charge in [-0.2, -0.15) is 0 Å². The Labute approximate surface area is 85.8 Å². The first-order valence-electron chi connectivity index (χ1n) is 5.74. The highest BCUT2D eigenvalue weighted by Crippen LogP contribution is 2.44. The summed E-state index contributed by atoms with van der Waals surface area (Å²) in [5.74, 6) is 0.288. The Morgan fingerprint density at radius 3 is 2.79 bits per heavy atom. The molecule has 0 atom stereocenters. The van der Waals surface area contributed by atoms with Gasteiger partial charge in [0.25, 0.3) is 0 Å². The zero-order chi connectivity index (χ0) is 10.0. The van der Waals surface area contributed by atoms with E-state index in [1.54, 1.807) is 0 Å². The number of rotatable bonds is 3. The van der Waals surface area contributed by atoms with Crippen LogP contribution < -0.4 is 5.32 Å². The van der Waals surface area contributed by atoms with E-state index in [9.17, 15) is 4.79 Å². The maximum absolute atomic E-state index is 11.6. The molecular formula is C11H20N2O. The normalized spacial score (nSPS) is 26.1. The van der Waals surface area contributed by atoms with Gasteiger partial charge in [-0.05, 0) is 24.7 Å². The molecule has 0 bridgehead atoms. The lowest BCUT2D eigenvalue weighted by molar-refractivity contribution is -0.134. The van der Waals surface area contributed by atoms with E-state index in [0.29, 0.717) is 12.0 Å². The van der Waals surface area contributed by atoms with E-state index < -0.39 is 0 Å². The minimum atomic E-state index is 0.288. The third-order valence-corrected chi connectivity index (χ3v) is 3.88. The summed E-state index contributed by atoms with van der Waals surface area (Å²) in [6.45, 7) is 5.67. The lowest BCUT2D eigenvalue weighted by atomic mass is 9.66. The van der Waals surface area contributed by atoms with Gasteiger partial charge in [0.05, 0.1) is 6.54 Å². The van der Waals surface area contributed by atoms with Gasteiger partial charge in [0.1, 0.15) is 0 Å². The number of amides is 1. The molecule has 1 aliphatic carbocycles. The van der Waals surface area contributed by atoms with Crippen molar-refractivity contribution in [2.75, 3.05) is 26.2 Å². The molecule has 3 nitrogen and oxygen atoms in total. The van der Waals surface area contributed by atoms with Crippen LogP contribution in [0, 0.1) is 5.41 Å². The molecule has 1 heterocycles. The summed E-state index contributed by atoms with van der Waals surface area (Å²) in [5, 5.41) is 3.11. The second-order valence-electron chi connectivity index (χ2n) is 4.70. The fourth-order valence-electron chi connectivity index (χ4n) is 2.52. The summed E-state index contributed by atoms with van der Waals surface area (Å²) in [4.78, 5) is 13.6. The Balaban J connectivity index is 1.91. The molecule has 0 aromatic rings. The molecule has 2 fully saturated rings. The van der Waals surface area contributed by atoms with E-state index in [-0.39, 0.29) is 5.91 Å². The van der Waals surface area contributed by atoms with E-state index in [1.807, 2.05) is 0 Å².